The van der Waals surface area contributed by atoms with Crippen LogP contribution in [0.4, 0.5) is 0 Å². The Hall–Kier alpha value is -0.670. The highest BCUT2D eigenvalue weighted by molar-refractivity contribution is 6.28. The lowest BCUT2D eigenvalue weighted by atomic mass is 10.0. The van der Waals surface area contributed by atoms with Gasteiger partial charge in [0.25, 0.3) is 0 Å². The minimum absolute atomic E-state index is 0.412. The molecule has 0 N–H and O–H groups in total. The number of halogens is 1. The van der Waals surface area contributed by atoms with Crippen LogP contribution in [0.15, 0.2) is 0 Å². The number of aromatic nitrogens is 2. The van der Waals surface area contributed by atoms with Crippen molar-refractivity contribution in [3.05, 3.63) is 22.2 Å². The van der Waals surface area contributed by atoms with Crippen LogP contribution in [0.1, 0.15) is 50.6 Å². The summed E-state index contributed by atoms with van der Waals surface area (Å²) in [5.41, 5.74) is 3.65. The van der Waals surface area contributed by atoms with E-state index in [2.05, 4.69) is 21.8 Å². The zero-order chi connectivity index (χ0) is 13.1. The molecule has 2 aliphatic rings. The maximum atomic E-state index is 5.94. The van der Waals surface area contributed by atoms with E-state index in [-0.39, 0.29) is 0 Å². The third kappa shape index (κ3) is 2.83. The van der Waals surface area contributed by atoms with Gasteiger partial charge < -0.3 is 0 Å². The predicted molar refractivity (Wildman–Crippen MR) is 74.9 cm³/mol. The zero-order valence-corrected chi connectivity index (χ0v) is 12.3. The lowest BCUT2D eigenvalue weighted by molar-refractivity contribution is 0.240. The maximum absolute atomic E-state index is 5.94. The number of aryl methyl sites for hydroxylation is 1. The second kappa shape index (κ2) is 5.98. The van der Waals surface area contributed by atoms with E-state index in [1.165, 1.54) is 24.1 Å². The van der Waals surface area contributed by atoms with Crippen molar-refractivity contribution in [1.29, 1.82) is 0 Å². The molecule has 1 aromatic rings. The van der Waals surface area contributed by atoms with Crippen molar-refractivity contribution >= 4 is 11.6 Å². The molecule has 0 amide bonds. The third-order valence-electron chi connectivity index (χ3n) is 3.55. The van der Waals surface area contributed by atoms with Crippen LogP contribution in [0.2, 0.25) is 5.28 Å². The molecular formula is C14H22ClN3. The van der Waals surface area contributed by atoms with Gasteiger partial charge in [-0.05, 0) is 30.9 Å². The molecule has 100 valence electrons. The second-order valence-electron chi connectivity index (χ2n) is 4.67. The molecule has 18 heavy (non-hydrogen) atoms. The van der Waals surface area contributed by atoms with E-state index in [0.29, 0.717) is 5.28 Å². The molecule has 3 rings (SSSR count). The van der Waals surface area contributed by atoms with Crippen molar-refractivity contribution in [2.75, 3.05) is 6.54 Å². The van der Waals surface area contributed by atoms with Crippen LogP contribution in [0.3, 0.4) is 0 Å². The van der Waals surface area contributed by atoms with Gasteiger partial charge in [-0.15, -0.1) is 0 Å². The Labute approximate surface area is 115 Å². The van der Waals surface area contributed by atoms with Crippen molar-refractivity contribution in [3.63, 3.8) is 0 Å². The Morgan fingerprint density at radius 3 is 2.61 bits per heavy atom. The molecule has 0 radical (unpaired) electrons. The van der Waals surface area contributed by atoms with Gasteiger partial charge in [0.05, 0.1) is 5.69 Å². The Bertz CT molecular complexity index is 398. The van der Waals surface area contributed by atoms with Gasteiger partial charge in [0, 0.05) is 36.8 Å². The van der Waals surface area contributed by atoms with Gasteiger partial charge in [0.2, 0.25) is 5.28 Å². The van der Waals surface area contributed by atoms with Crippen LogP contribution in [0.5, 0.6) is 0 Å². The van der Waals surface area contributed by atoms with Gasteiger partial charge >= 0.3 is 0 Å². The van der Waals surface area contributed by atoms with Crippen LogP contribution in [0, 0.1) is 0 Å². The number of nitrogens with zero attached hydrogens (tertiary/aromatic N) is 3. The minimum atomic E-state index is 0.412. The van der Waals surface area contributed by atoms with Crippen LogP contribution in [-0.2, 0) is 19.4 Å². The quantitative estimate of drug-likeness (QED) is 0.771. The van der Waals surface area contributed by atoms with Crippen LogP contribution < -0.4 is 0 Å². The molecule has 1 aromatic heterocycles. The van der Waals surface area contributed by atoms with Crippen LogP contribution in [0.25, 0.3) is 0 Å². The standard InChI is InChI=1S/C12H16ClN3.C2H6/c1-2-10-9-7-16(8-3-4-8)6-5-11(9)15-12(13)14-10;1-2/h8H,2-7H2,1H3;1-2H3. The van der Waals surface area contributed by atoms with E-state index in [9.17, 15) is 0 Å². The fourth-order valence-corrected chi connectivity index (χ4v) is 2.72. The first-order valence-corrected chi connectivity index (χ1v) is 7.44. The van der Waals surface area contributed by atoms with E-state index >= 15 is 0 Å². The molecule has 0 saturated heterocycles. The lowest BCUT2D eigenvalue weighted by Gasteiger charge is -2.29. The fraction of sp³-hybridized carbons (Fsp3) is 0.714. The SMILES string of the molecule is CC.CCc1nc(Cl)nc2c1CN(C1CC1)CC2. The summed E-state index contributed by atoms with van der Waals surface area (Å²) in [6, 6.07) is 0.827. The Morgan fingerprint density at radius 2 is 2.00 bits per heavy atom. The average Bonchev–Trinajstić information content (AvgIpc) is 3.24. The van der Waals surface area contributed by atoms with E-state index in [0.717, 1.165) is 37.7 Å². The molecule has 0 spiro atoms. The van der Waals surface area contributed by atoms with E-state index < -0.39 is 0 Å². The second-order valence-corrected chi connectivity index (χ2v) is 5.01. The van der Waals surface area contributed by atoms with E-state index in [4.69, 9.17) is 11.6 Å². The smallest absolute Gasteiger partial charge is 0.222 e. The minimum Gasteiger partial charge on any atom is -0.296 e. The van der Waals surface area contributed by atoms with Gasteiger partial charge in [0.15, 0.2) is 0 Å². The summed E-state index contributed by atoms with van der Waals surface area (Å²) in [7, 11) is 0. The van der Waals surface area contributed by atoms with Crippen molar-refractivity contribution < 1.29 is 0 Å². The largest absolute Gasteiger partial charge is 0.296 e. The molecule has 3 nitrogen and oxygen atoms in total. The Kier molecular flexibility index (Phi) is 4.57. The topological polar surface area (TPSA) is 29.0 Å². The first kappa shape index (κ1) is 13.8. The van der Waals surface area contributed by atoms with Crippen molar-refractivity contribution in [1.82, 2.24) is 14.9 Å². The summed E-state index contributed by atoms with van der Waals surface area (Å²) in [6.45, 7) is 8.30. The van der Waals surface area contributed by atoms with Crippen molar-refractivity contribution in [3.8, 4) is 0 Å². The first-order valence-electron chi connectivity index (χ1n) is 7.06. The van der Waals surface area contributed by atoms with Gasteiger partial charge in [-0.1, -0.05) is 20.8 Å². The number of hydrogen-bond acceptors (Lipinski definition) is 3. The lowest BCUT2D eigenvalue weighted by Crippen LogP contribution is -2.33. The molecule has 1 aliphatic carbocycles. The predicted octanol–water partition coefficient (Wildman–Crippen LogP) is 3.24. The summed E-state index contributed by atoms with van der Waals surface area (Å²) >= 11 is 5.94. The van der Waals surface area contributed by atoms with Gasteiger partial charge in [0.1, 0.15) is 0 Å². The molecule has 0 atom stereocenters. The molecule has 0 aromatic carbocycles. The number of fused-ring (bicyclic) bond motifs is 1. The Morgan fingerprint density at radius 1 is 1.28 bits per heavy atom. The fourth-order valence-electron chi connectivity index (χ4n) is 2.51. The Balaban J connectivity index is 0.000000574. The molecule has 1 aliphatic heterocycles. The number of hydrogen-bond donors (Lipinski definition) is 0. The zero-order valence-electron chi connectivity index (χ0n) is 11.5. The molecule has 0 bridgehead atoms. The first-order chi connectivity index (χ1) is 8.78. The summed E-state index contributed by atoms with van der Waals surface area (Å²) in [5.74, 6) is 0. The highest BCUT2D eigenvalue weighted by Gasteiger charge is 2.32. The number of rotatable bonds is 2. The average molecular weight is 268 g/mol. The van der Waals surface area contributed by atoms with Gasteiger partial charge in [-0.2, -0.15) is 0 Å². The maximum Gasteiger partial charge on any atom is 0.222 e. The van der Waals surface area contributed by atoms with E-state index in [1.807, 2.05) is 13.8 Å². The van der Waals surface area contributed by atoms with Crippen molar-refractivity contribution in [2.45, 2.75) is 59.0 Å². The van der Waals surface area contributed by atoms with Gasteiger partial charge in [-0.25, -0.2) is 9.97 Å². The van der Waals surface area contributed by atoms with Gasteiger partial charge in [-0.3, -0.25) is 4.90 Å². The summed E-state index contributed by atoms with van der Waals surface area (Å²) in [4.78, 5) is 11.3. The summed E-state index contributed by atoms with van der Waals surface area (Å²) < 4.78 is 0. The normalized spacial score (nSPS) is 18.9. The molecular weight excluding hydrogens is 246 g/mol. The van der Waals surface area contributed by atoms with Crippen LogP contribution in [-0.4, -0.2) is 27.5 Å². The molecule has 0 unspecified atom stereocenters. The van der Waals surface area contributed by atoms with Crippen LogP contribution >= 0.6 is 11.6 Å². The molecule has 1 fully saturated rings. The van der Waals surface area contributed by atoms with E-state index in [1.54, 1.807) is 0 Å². The highest BCUT2D eigenvalue weighted by atomic mass is 35.5. The third-order valence-corrected chi connectivity index (χ3v) is 3.72. The summed E-state index contributed by atoms with van der Waals surface area (Å²) in [5, 5.41) is 0.412. The molecule has 1 saturated carbocycles. The monoisotopic (exact) mass is 267 g/mol. The molecule has 4 heteroatoms. The highest BCUT2D eigenvalue weighted by Crippen LogP contribution is 2.32. The molecule has 2 heterocycles. The summed E-state index contributed by atoms with van der Waals surface area (Å²) in [6.07, 6.45) is 4.71. The van der Waals surface area contributed by atoms with Crippen molar-refractivity contribution in [2.24, 2.45) is 0 Å².